The highest BCUT2D eigenvalue weighted by Crippen LogP contribution is 2.29. The molecule has 0 unspecified atom stereocenters. The smallest absolute Gasteiger partial charge is 0.248 e. The lowest BCUT2D eigenvalue weighted by molar-refractivity contribution is 0.0488. The maximum atomic E-state index is 9.84. The molecule has 0 saturated carbocycles. The van der Waals surface area contributed by atoms with Crippen molar-refractivity contribution in [2.45, 2.75) is 40.2 Å². The molecule has 1 aromatic heterocycles. The first-order valence-electron chi connectivity index (χ1n) is 5.93. The number of hydrogen-bond acceptors (Lipinski definition) is 4. The molecular formula is C14H18N2O2. The molecule has 0 radical (unpaired) electrons. The van der Waals surface area contributed by atoms with Crippen molar-refractivity contribution in [2.75, 3.05) is 0 Å². The number of aromatic nitrogens is 2. The van der Waals surface area contributed by atoms with Gasteiger partial charge in [0.1, 0.15) is 5.60 Å². The van der Waals surface area contributed by atoms with Crippen molar-refractivity contribution in [1.82, 2.24) is 10.2 Å². The van der Waals surface area contributed by atoms with Crippen molar-refractivity contribution in [3.8, 4) is 11.5 Å². The summed E-state index contributed by atoms with van der Waals surface area (Å²) in [6, 6.07) is 4.16. The first-order chi connectivity index (χ1) is 8.29. The van der Waals surface area contributed by atoms with Gasteiger partial charge in [-0.2, -0.15) is 0 Å². The lowest BCUT2D eigenvalue weighted by Gasteiger charge is -2.11. The van der Waals surface area contributed by atoms with Gasteiger partial charge in [-0.05, 0) is 45.7 Å². The number of benzene rings is 1. The van der Waals surface area contributed by atoms with E-state index in [0.29, 0.717) is 5.89 Å². The van der Waals surface area contributed by atoms with Gasteiger partial charge in [-0.1, -0.05) is 17.7 Å². The van der Waals surface area contributed by atoms with Gasteiger partial charge >= 0.3 is 0 Å². The van der Waals surface area contributed by atoms with E-state index in [4.69, 9.17) is 4.42 Å². The molecule has 2 aromatic rings. The predicted molar refractivity (Wildman–Crippen MR) is 69.2 cm³/mol. The SMILES string of the molecule is Cc1cc(C)c(-c2nnc(C(C)(C)O)o2)c(C)c1. The standard InChI is InChI=1S/C14H18N2O2/c1-8-6-9(2)11(10(3)7-8)12-15-16-13(18-12)14(4,5)17/h6-7,17H,1-5H3. The molecule has 0 spiro atoms. The van der Waals surface area contributed by atoms with Gasteiger partial charge < -0.3 is 9.52 Å². The van der Waals surface area contributed by atoms with Gasteiger partial charge in [0.25, 0.3) is 0 Å². The van der Waals surface area contributed by atoms with E-state index in [1.54, 1.807) is 13.8 Å². The largest absolute Gasteiger partial charge is 0.418 e. The van der Waals surface area contributed by atoms with Gasteiger partial charge in [0, 0.05) is 5.56 Å². The molecule has 1 heterocycles. The van der Waals surface area contributed by atoms with Crippen LogP contribution in [0.1, 0.15) is 36.4 Å². The minimum atomic E-state index is -1.11. The van der Waals surface area contributed by atoms with Gasteiger partial charge in [-0.15, -0.1) is 10.2 Å². The van der Waals surface area contributed by atoms with Crippen molar-refractivity contribution < 1.29 is 9.52 Å². The van der Waals surface area contributed by atoms with E-state index in [-0.39, 0.29) is 5.89 Å². The van der Waals surface area contributed by atoms with Gasteiger partial charge in [0.05, 0.1) is 0 Å². The van der Waals surface area contributed by atoms with E-state index < -0.39 is 5.60 Å². The normalized spacial score (nSPS) is 11.9. The summed E-state index contributed by atoms with van der Waals surface area (Å²) in [5, 5.41) is 17.8. The fourth-order valence-electron chi connectivity index (χ4n) is 2.09. The Morgan fingerprint density at radius 2 is 1.61 bits per heavy atom. The first-order valence-corrected chi connectivity index (χ1v) is 5.93. The molecule has 4 nitrogen and oxygen atoms in total. The van der Waals surface area contributed by atoms with E-state index in [1.165, 1.54) is 5.56 Å². The van der Waals surface area contributed by atoms with Crippen LogP contribution < -0.4 is 0 Å². The van der Waals surface area contributed by atoms with Crippen LogP contribution in [0.25, 0.3) is 11.5 Å². The van der Waals surface area contributed by atoms with E-state index in [9.17, 15) is 5.11 Å². The summed E-state index contributed by atoms with van der Waals surface area (Å²) in [6.45, 7) is 9.34. The number of aryl methyl sites for hydroxylation is 3. The molecule has 0 atom stereocenters. The topological polar surface area (TPSA) is 59.2 Å². The van der Waals surface area contributed by atoms with Crippen molar-refractivity contribution >= 4 is 0 Å². The zero-order valence-corrected chi connectivity index (χ0v) is 11.4. The molecule has 0 amide bonds. The Hall–Kier alpha value is -1.68. The van der Waals surface area contributed by atoms with Crippen LogP contribution in [0.5, 0.6) is 0 Å². The van der Waals surface area contributed by atoms with E-state index in [0.717, 1.165) is 16.7 Å². The Balaban J connectivity index is 2.53. The van der Waals surface area contributed by atoms with Gasteiger partial charge in [-0.3, -0.25) is 0 Å². The third kappa shape index (κ3) is 2.29. The van der Waals surface area contributed by atoms with Crippen molar-refractivity contribution in [3.63, 3.8) is 0 Å². The van der Waals surface area contributed by atoms with Crippen LogP contribution in [-0.2, 0) is 5.60 Å². The quantitative estimate of drug-likeness (QED) is 0.885. The number of hydrogen-bond donors (Lipinski definition) is 1. The van der Waals surface area contributed by atoms with Crippen LogP contribution in [0.2, 0.25) is 0 Å². The lowest BCUT2D eigenvalue weighted by atomic mass is 10.00. The van der Waals surface area contributed by atoms with Gasteiger partial charge in [0.2, 0.25) is 11.8 Å². The Bertz CT molecular complexity index is 557. The minimum absolute atomic E-state index is 0.233. The molecule has 1 aromatic carbocycles. The lowest BCUT2D eigenvalue weighted by Crippen LogP contribution is -2.15. The molecule has 0 aliphatic heterocycles. The molecule has 0 fully saturated rings. The van der Waals surface area contributed by atoms with Crippen molar-refractivity contribution in [3.05, 3.63) is 34.7 Å². The zero-order valence-electron chi connectivity index (χ0n) is 11.4. The average molecular weight is 246 g/mol. The maximum absolute atomic E-state index is 9.84. The summed E-state index contributed by atoms with van der Waals surface area (Å²) in [6.07, 6.45) is 0. The summed E-state index contributed by atoms with van der Waals surface area (Å²) in [4.78, 5) is 0. The summed E-state index contributed by atoms with van der Waals surface area (Å²) in [7, 11) is 0. The van der Waals surface area contributed by atoms with Crippen LogP contribution >= 0.6 is 0 Å². The van der Waals surface area contributed by atoms with E-state index in [2.05, 4.69) is 29.3 Å². The molecular weight excluding hydrogens is 228 g/mol. The Morgan fingerprint density at radius 3 is 2.06 bits per heavy atom. The first kappa shape index (κ1) is 12.8. The van der Waals surface area contributed by atoms with E-state index in [1.807, 2.05) is 13.8 Å². The van der Waals surface area contributed by atoms with Crippen molar-refractivity contribution in [2.24, 2.45) is 0 Å². The summed E-state index contributed by atoms with van der Waals surface area (Å²) in [5.74, 6) is 0.694. The summed E-state index contributed by atoms with van der Waals surface area (Å²) in [5.41, 5.74) is 3.23. The van der Waals surface area contributed by atoms with Crippen LogP contribution in [-0.4, -0.2) is 15.3 Å². The molecule has 1 N–H and O–H groups in total. The summed E-state index contributed by atoms with van der Waals surface area (Å²) >= 11 is 0. The van der Waals surface area contributed by atoms with Crippen molar-refractivity contribution in [1.29, 1.82) is 0 Å². The predicted octanol–water partition coefficient (Wildman–Crippen LogP) is 2.89. The Kier molecular flexibility index (Phi) is 2.99. The highest BCUT2D eigenvalue weighted by Gasteiger charge is 2.25. The Labute approximate surface area is 107 Å². The Morgan fingerprint density at radius 1 is 1.06 bits per heavy atom. The molecule has 4 heteroatoms. The monoisotopic (exact) mass is 246 g/mol. The molecule has 0 aliphatic carbocycles. The second kappa shape index (κ2) is 4.21. The molecule has 0 aliphatic rings. The molecule has 0 bridgehead atoms. The van der Waals surface area contributed by atoms with E-state index >= 15 is 0 Å². The average Bonchev–Trinajstić information content (AvgIpc) is 2.64. The van der Waals surface area contributed by atoms with Gasteiger partial charge in [0.15, 0.2) is 0 Å². The highest BCUT2D eigenvalue weighted by molar-refractivity contribution is 5.63. The maximum Gasteiger partial charge on any atom is 0.248 e. The number of nitrogens with zero attached hydrogens (tertiary/aromatic N) is 2. The third-order valence-electron chi connectivity index (χ3n) is 2.84. The minimum Gasteiger partial charge on any atom is -0.418 e. The number of aliphatic hydroxyl groups is 1. The molecule has 0 saturated heterocycles. The summed E-state index contributed by atoms with van der Waals surface area (Å²) < 4.78 is 5.56. The number of rotatable bonds is 2. The van der Waals surface area contributed by atoms with Gasteiger partial charge in [-0.25, -0.2) is 0 Å². The molecule has 2 rings (SSSR count). The molecule has 18 heavy (non-hydrogen) atoms. The third-order valence-corrected chi connectivity index (χ3v) is 2.84. The zero-order chi connectivity index (χ0) is 13.5. The fraction of sp³-hybridized carbons (Fsp3) is 0.429. The van der Waals surface area contributed by atoms with Crippen LogP contribution in [0, 0.1) is 20.8 Å². The molecule has 96 valence electrons. The second-order valence-electron chi connectivity index (χ2n) is 5.25. The highest BCUT2D eigenvalue weighted by atomic mass is 16.4. The van der Waals surface area contributed by atoms with Crippen LogP contribution in [0.15, 0.2) is 16.5 Å². The van der Waals surface area contributed by atoms with Crippen LogP contribution in [0.3, 0.4) is 0 Å². The van der Waals surface area contributed by atoms with Crippen LogP contribution in [0.4, 0.5) is 0 Å². The second-order valence-corrected chi connectivity index (χ2v) is 5.25. The fourth-order valence-corrected chi connectivity index (χ4v) is 2.09.